The van der Waals surface area contributed by atoms with Crippen molar-refractivity contribution in [1.29, 1.82) is 0 Å². The van der Waals surface area contributed by atoms with Crippen LogP contribution in [-0.4, -0.2) is 45.7 Å². The van der Waals surface area contributed by atoms with Crippen LogP contribution in [0.5, 0.6) is 0 Å². The molecule has 2 aliphatic rings. The average Bonchev–Trinajstić information content (AvgIpc) is 3.19. The Morgan fingerprint density at radius 2 is 2.00 bits per heavy atom. The quantitative estimate of drug-likeness (QED) is 0.872. The van der Waals surface area contributed by atoms with Crippen LogP contribution < -0.4 is 4.84 Å². The summed E-state index contributed by atoms with van der Waals surface area (Å²) in [7, 11) is 0. The molecule has 1 aliphatic carbocycles. The van der Waals surface area contributed by atoms with Crippen molar-refractivity contribution in [2.24, 2.45) is 0 Å². The summed E-state index contributed by atoms with van der Waals surface area (Å²) in [5.41, 5.74) is -2.13. The molecule has 1 saturated heterocycles. The maximum Gasteiger partial charge on any atom is 0.422 e. The van der Waals surface area contributed by atoms with E-state index in [0.717, 1.165) is 12.8 Å². The van der Waals surface area contributed by atoms with E-state index in [9.17, 15) is 18.3 Å². The lowest BCUT2D eigenvalue weighted by molar-refractivity contribution is -0.261. The molecule has 1 N–H and O–H groups in total. The number of halogens is 3. The predicted molar refractivity (Wildman–Crippen MR) is 85.9 cm³/mol. The third kappa shape index (κ3) is 3.00. The highest BCUT2D eigenvalue weighted by Crippen LogP contribution is 2.47. The average molecular weight is 387 g/mol. The second-order valence-corrected chi connectivity index (χ2v) is 7.26. The number of nitrogens with zero attached hydrogens (tertiary/aromatic N) is 3. The van der Waals surface area contributed by atoms with Gasteiger partial charge in [0.15, 0.2) is 5.76 Å². The number of alkyl halides is 3. The first-order chi connectivity index (χ1) is 12.7. The second kappa shape index (κ2) is 6.23. The van der Waals surface area contributed by atoms with Gasteiger partial charge < -0.3 is 19.2 Å². The molecule has 27 heavy (non-hydrogen) atoms. The topological polar surface area (TPSA) is 82.5 Å². The van der Waals surface area contributed by atoms with Gasteiger partial charge in [0.25, 0.3) is 0 Å². The van der Waals surface area contributed by atoms with Gasteiger partial charge in [-0.25, -0.2) is 0 Å². The van der Waals surface area contributed by atoms with E-state index in [1.807, 2.05) is 0 Å². The summed E-state index contributed by atoms with van der Waals surface area (Å²) in [6.07, 6.45) is -1.43. The summed E-state index contributed by atoms with van der Waals surface area (Å²) in [5, 5.41) is 18.0. The van der Waals surface area contributed by atoms with Crippen molar-refractivity contribution < 1.29 is 32.4 Å². The van der Waals surface area contributed by atoms with Gasteiger partial charge in [-0.3, -0.25) is 0 Å². The number of fused-ring (bicyclic) bond motifs is 3. The number of ether oxygens (including phenoxy) is 1. The second-order valence-electron chi connectivity index (χ2n) is 7.26. The van der Waals surface area contributed by atoms with Crippen molar-refractivity contribution in [2.45, 2.75) is 56.9 Å². The summed E-state index contributed by atoms with van der Waals surface area (Å²) in [4.78, 5) is 7.16. The Kier molecular flexibility index (Phi) is 4.22. The Balaban J connectivity index is 1.69. The van der Waals surface area contributed by atoms with Crippen LogP contribution in [0.25, 0.3) is 11.3 Å². The Labute approximate surface area is 153 Å². The Morgan fingerprint density at radius 1 is 1.30 bits per heavy atom. The molecule has 2 atom stereocenters. The van der Waals surface area contributed by atoms with Crippen molar-refractivity contribution in [3.63, 3.8) is 0 Å². The van der Waals surface area contributed by atoms with E-state index < -0.39 is 17.5 Å². The maximum atomic E-state index is 13.3. The van der Waals surface area contributed by atoms with Crippen LogP contribution in [0.3, 0.4) is 0 Å². The van der Waals surface area contributed by atoms with Gasteiger partial charge in [-0.15, -0.1) is 9.94 Å². The van der Waals surface area contributed by atoms with Crippen molar-refractivity contribution in [3.8, 4) is 11.3 Å². The zero-order valence-electron chi connectivity index (χ0n) is 14.9. The molecular weight excluding hydrogens is 367 g/mol. The van der Waals surface area contributed by atoms with Gasteiger partial charge in [0.1, 0.15) is 11.8 Å². The molecule has 148 valence electrons. The van der Waals surface area contributed by atoms with E-state index in [4.69, 9.17) is 14.1 Å². The van der Waals surface area contributed by atoms with Crippen molar-refractivity contribution in [3.05, 3.63) is 23.1 Å². The van der Waals surface area contributed by atoms with Crippen LogP contribution in [0.15, 0.2) is 10.7 Å². The van der Waals surface area contributed by atoms with E-state index >= 15 is 0 Å². The summed E-state index contributed by atoms with van der Waals surface area (Å²) in [5.74, 6) is -0.140. The molecule has 0 radical (unpaired) electrons. The van der Waals surface area contributed by atoms with Gasteiger partial charge in [0, 0.05) is 18.4 Å². The molecule has 3 heterocycles. The summed E-state index contributed by atoms with van der Waals surface area (Å²) < 4.78 is 50.4. The van der Waals surface area contributed by atoms with Gasteiger partial charge in [-0.2, -0.15) is 13.2 Å². The van der Waals surface area contributed by atoms with Gasteiger partial charge in [-0.05, 0) is 19.3 Å². The number of hydrogen-bond acceptors (Lipinski definition) is 6. The minimum atomic E-state index is -4.87. The molecule has 1 fully saturated rings. The van der Waals surface area contributed by atoms with Gasteiger partial charge in [-0.1, -0.05) is 12.1 Å². The van der Waals surface area contributed by atoms with Crippen LogP contribution >= 0.6 is 0 Å². The summed E-state index contributed by atoms with van der Waals surface area (Å²) in [6, 6.07) is 0. The van der Waals surface area contributed by atoms with Crippen molar-refractivity contribution in [1.82, 2.24) is 15.1 Å². The minimum Gasteiger partial charge on any atom is -0.393 e. The van der Waals surface area contributed by atoms with E-state index in [1.165, 1.54) is 4.85 Å². The van der Waals surface area contributed by atoms with Crippen LogP contribution in [0.1, 0.15) is 49.6 Å². The highest BCUT2D eigenvalue weighted by atomic mass is 19.4. The molecule has 0 bridgehead atoms. The van der Waals surface area contributed by atoms with Crippen LogP contribution in [0, 0.1) is 0 Å². The molecule has 0 aromatic carbocycles. The lowest BCUT2D eigenvalue weighted by Gasteiger charge is -2.27. The van der Waals surface area contributed by atoms with Crippen molar-refractivity contribution >= 4 is 0 Å². The first-order valence-corrected chi connectivity index (χ1v) is 8.81. The van der Waals surface area contributed by atoms with Crippen molar-refractivity contribution in [2.75, 3.05) is 13.2 Å². The fourth-order valence-electron chi connectivity index (χ4n) is 3.54. The molecular formula is C17H20F3N3O4. The molecule has 10 heteroatoms. The third-order valence-corrected chi connectivity index (χ3v) is 5.17. The smallest absolute Gasteiger partial charge is 0.393 e. The van der Waals surface area contributed by atoms with E-state index in [2.05, 4.69) is 10.3 Å². The van der Waals surface area contributed by atoms with E-state index in [0.29, 0.717) is 37.8 Å². The zero-order valence-corrected chi connectivity index (χ0v) is 14.9. The molecule has 0 spiro atoms. The Hall–Kier alpha value is -2.07. The Bertz CT molecular complexity index is 837. The highest BCUT2D eigenvalue weighted by Gasteiger charge is 2.55. The number of aliphatic hydroxyl groups is 1. The first-order valence-electron chi connectivity index (χ1n) is 8.81. The zero-order chi connectivity index (χ0) is 19.4. The highest BCUT2D eigenvalue weighted by molar-refractivity contribution is 5.68. The third-order valence-electron chi connectivity index (χ3n) is 5.17. The van der Waals surface area contributed by atoms with Crippen LogP contribution in [0.2, 0.25) is 0 Å². The number of rotatable bonds is 3. The first kappa shape index (κ1) is 18.3. The molecule has 0 saturated carbocycles. The standard InChI is InChI=1S/C17H20F3N3O4/c1-9-7-12-11(8-23(21-12)27-10-3-5-25-6-4-10)14-13(9)15(22-26-14)16(2,24)17(18,19)20/h8-10,24H,3-7H2,1-2H3/t9-,16+/m0/s1. The van der Waals surface area contributed by atoms with Gasteiger partial charge in [0.05, 0.1) is 30.7 Å². The lowest BCUT2D eigenvalue weighted by Crippen LogP contribution is -2.40. The largest absolute Gasteiger partial charge is 0.422 e. The molecule has 2 aromatic rings. The predicted octanol–water partition coefficient (Wildman–Crippen LogP) is 2.58. The normalized spacial score (nSPS) is 22.8. The molecule has 2 aromatic heterocycles. The van der Waals surface area contributed by atoms with Crippen LogP contribution in [0.4, 0.5) is 13.2 Å². The number of hydrogen-bond donors (Lipinski definition) is 1. The fourth-order valence-corrected chi connectivity index (χ4v) is 3.54. The molecule has 0 amide bonds. The monoisotopic (exact) mass is 387 g/mol. The Morgan fingerprint density at radius 3 is 2.67 bits per heavy atom. The number of aromatic nitrogens is 3. The minimum absolute atomic E-state index is 0.0340. The molecule has 7 nitrogen and oxygen atoms in total. The lowest BCUT2D eigenvalue weighted by atomic mass is 9.82. The fraction of sp³-hybridized carbons (Fsp3) is 0.647. The molecule has 4 rings (SSSR count). The van der Waals surface area contributed by atoms with E-state index in [1.54, 1.807) is 13.1 Å². The van der Waals surface area contributed by atoms with Gasteiger partial charge in [0.2, 0.25) is 5.60 Å². The van der Waals surface area contributed by atoms with E-state index in [-0.39, 0.29) is 23.3 Å². The van der Waals surface area contributed by atoms with Crippen LogP contribution in [-0.2, 0) is 16.8 Å². The van der Waals surface area contributed by atoms with Gasteiger partial charge >= 0.3 is 6.18 Å². The molecule has 0 unspecified atom stereocenters. The summed E-state index contributed by atoms with van der Waals surface area (Å²) >= 11 is 0. The molecule has 1 aliphatic heterocycles. The maximum absolute atomic E-state index is 13.3. The summed E-state index contributed by atoms with van der Waals surface area (Å²) in [6.45, 7) is 3.67. The SMILES string of the molecule is C[C@H]1Cc2nn(OC3CCOCC3)cc2-c2onc([C@@](C)(O)C(F)(F)F)c21.